The van der Waals surface area contributed by atoms with Gasteiger partial charge in [-0.1, -0.05) is 15.9 Å². The topological polar surface area (TPSA) is 38.8 Å². The lowest BCUT2D eigenvalue weighted by Gasteiger charge is -2.16. The van der Waals surface area contributed by atoms with Crippen LogP contribution in [0.3, 0.4) is 0 Å². The predicted octanol–water partition coefficient (Wildman–Crippen LogP) is 2.07. The molecular formula is C13H15BrFNO3. The van der Waals surface area contributed by atoms with Crippen LogP contribution in [0.25, 0.3) is 0 Å². The highest BCUT2D eigenvalue weighted by Crippen LogP contribution is 2.21. The minimum absolute atomic E-state index is 0.0565. The average Bonchev–Trinajstić information content (AvgIpc) is 2.84. The quantitative estimate of drug-likeness (QED) is 0.851. The minimum atomic E-state index is -0.525. The van der Waals surface area contributed by atoms with Gasteiger partial charge in [0, 0.05) is 31.8 Å². The summed E-state index contributed by atoms with van der Waals surface area (Å²) in [5.74, 6) is -0.872. The molecule has 19 heavy (non-hydrogen) atoms. The van der Waals surface area contributed by atoms with E-state index in [1.807, 2.05) is 0 Å². The number of carbonyl (C=O) groups excluding carboxylic acids is 1. The second-order valence-electron chi connectivity index (χ2n) is 4.38. The van der Waals surface area contributed by atoms with Gasteiger partial charge in [0.05, 0.1) is 5.56 Å². The molecule has 1 amide bonds. The Bertz CT molecular complexity index is 471. The summed E-state index contributed by atoms with van der Waals surface area (Å²) in [4.78, 5) is 13.8. The van der Waals surface area contributed by atoms with Gasteiger partial charge in [0.25, 0.3) is 5.91 Å². The number of nitrogens with zero attached hydrogens (tertiary/aromatic N) is 1. The number of likely N-dealkylation sites (tertiary alicyclic amines) is 1. The molecule has 1 aromatic carbocycles. The third kappa shape index (κ3) is 2.96. The van der Waals surface area contributed by atoms with Crippen molar-refractivity contribution in [2.45, 2.75) is 12.2 Å². The molecule has 0 N–H and O–H groups in total. The smallest absolute Gasteiger partial charge is 0.257 e. The molecule has 1 heterocycles. The van der Waals surface area contributed by atoms with Gasteiger partial charge in [0.2, 0.25) is 0 Å². The van der Waals surface area contributed by atoms with Gasteiger partial charge in [-0.15, -0.1) is 0 Å². The van der Waals surface area contributed by atoms with Crippen LogP contribution >= 0.6 is 15.9 Å². The molecule has 1 saturated heterocycles. The first-order valence-electron chi connectivity index (χ1n) is 5.86. The van der Waals surface area contributed by atoms with E-state index in [9.17, 15) is 9.18 Å². The van der Waals surface area contributed by atoms with E-state index in [2.05, 4.69) is 15.9 Å². The van der Waals surface area contributed by atoms with Crippen molar-refractivity contribution >= 4 is 21.8 Å². The summed E-state index contributed by atoms with van der Waals surface area (Å²) in [5.41, 5.74) is 0.0565. The molecule has 1 aromatic rings. The number of amides is 1. The van der Waals surface area contributed by atoms with E-state index >= 15 is 0 Å². The number of methoxy groups -OCH3 is 2. The number of halogens is 2. The van der Waals surface area contributed by atoms with Crippen molar-refractivity contribution in [1.29, 1.82) is 0 Å². The van der Waals surface area contributed by atoms with Crippen LogP contribution in [0.5, 0.6) is 0 Å². The maximum atomic E-state index is 13.7. The lowest BCUT2D eigenvalue weighted by Crippen LogP contribution is -2.30. The summed E-state index contributed by atoms with van der Waals surface area (Å²) >= 11 is 3.24. The number of benzene rings is 1. The number of ether oxygens (including phenoxy) is 2. The monoisotopic (exact) mass is 331 g/mol. The van der Waals surface area contributed by atoms with Crippen LogP contribution in [0.1, 0.15) is 10.4 Å². The second-order valence-corrected chi connectivity index (χ2v) is 5.30. The molecule has 0 spiro atoms. The Hall–Kier alpha value is -0.980. The van der Waals surface area contributed by atoms with Crippen molar-refractivity contribution < 1.29 is 18.7 Å². The summed E-state index contributed by atoms with van der Waals surface area (Å²) in [6.45, 7) is 0.805. The van der Waals surface area contributed by atoms with Gasteiger partial charge in [0.1, 0.15) is 18.0 Å². The molecule has 1 aliphatic rings. The van der Waals surface area contributed by atoms with Crippen LogP contribution in [0.15, 0.2) is 22.7 Å². The van der Waals surface area contributed by atoms with Gasteiger partial charge in [0.15, 0.2) is 0 Å². The fourth-order valence-corrected chi connectivity index (χ4v) is 2.56. The maximum Gasteiger partial charge on any atom is 0.257 e. The minimum Gasteiger partial charge on any atom is -0.377 e. The van der Waals surface area contributed by atoms with Crippen molar-refractivity contribution in [1.82, 2.24) is 4.90 Å². The van der Waals surface area contributed by atoms with Crippen LogP contribution in [0.4, 0.5) is 4.39 Å². The number of rotatable bonds is 3. The van der Waals surface area contributed by atoms with Gasteiger partial charge < -0.3 is 14.4 Å². The summed E-state index contributed by atoms with van der Waals surface area (Å²) in [5, 5.41) is 0. The summed E-state index contributed by atoms with van der Waals surface area (Å²) in [7, 11) is 3.15. The van der Waals surface area contributed by atoms with E-state index in [1.54, 1.807) is 25.2 Å². The van der Waals surface area contributed by atoms with Gasteiger partial charge in [-0.25, -0.2) is 4.39 Å². The summed E-state index contributed by atoms with van der Waals surface area (Å²) < 4.78 is 24.9. The van der Waals surface area contributed by atoms with E-state index in [0.717, 1.165) is 0 Å². The molecule has 1 aliphatic heterocycles. The summed E-state index contributed by atoms with van der Waals surface area (Å²) in [6, 6.07) is 4.32. The molecule has 0 aromatic heterocycles. The first-order chi connectivity index (χ1) is 9.06. The second kappa shape index (κ2) is 5.98. The van der Waals surface area contributed by atoms with E-state index in [1.165, 1.54) is 12.1 Å². The highest BCUT2D eigenvalue weighted by Gasteiger charge is 2.36. The highest BCUT2D eigenvalue weighted by atomic mass is 79.9. The Balaban J connectivity index is 2.19. The van der Waals surface area contributed by atoms with Gasteiger partial charge in [-0.3, -0.25) is 4.79 Å². The molecule has 0 radical (unpaired) electrons. The van der Waals surface area contributed by atoms with Crippen LogP contribution in [-0.4, -0.2) is 50.3 Å². The van der Waals surface area contributed by atoms with Crippen molar-refractivity contribution in [3.8, 4) is 0 Å². The fourth-order valence-electron chi connectivity index (χ4n) is 2.19. The SMILES string of the molecule is COC1CN(C(=O)c2cc(Br)ccc2F)CC1OC. The van der Waals surface area contributed by atoms with E-state index in [-0.39, 0.29) is 23.7 Å². The van der Waals surface area contributed by atoms with Crippen LogP contribution in [0.2, 0.25) is 0 Å². The molecule has 0 bridgehead atoms. The molecule has 2 atom stereocenters. The first kappa shape index (κ1) is 14.4. The Labute approximate surface area is 119 Å². The van der Waals surface area contributed by atoms with Crippen molar-refractivity contribution in [3.63, 3.8) is 0 Å². The number of hydrogen-bond donors (Lipinski definition) is 0. The Kier molecular flexibility index (Phi) is 4.54. The molecule has 0 saturated carbocycles. The van der Waals surface area contributed by atoms with Crippen LogP contribution in [0, 0.1) is 5.82 Å². The lowest BCUT2D eigenvalue weighted by atomic mass is 10.2. The van der Waals surface area contributed by atoms with Crippen LogP contribution < -0.4 is 0 Å². The molecule has 2 unspecified atom stereocenters. The maximum absolute atomic E-state index is 13.7. The zero-order chi connectivity index (χ0) is 14.0. The molecule has 104 valence electrons. The third-order valence-electron chi connectivity index (χ3n) is 3.27. The average molecular weight is 332 g/mol. The van der Waals surface area contributed by atoms with Crippen molar-refractivity contribution in [3.05, 3.63) is 34.1 Å². The van der Waals surface area contributed by atoms with Gasteiger partial charge >= 0.3 is 0 Å². The molecule has 0 aliphatic carbocycles. The van der Waals surface area contributed by atoms with E-state index in [4.69, 9.17) is 9.47 Å². The number of hydrogen-bond acceptors (Lipinski definition) is 3. The van der Waals surface area contributed by atoms with Crippen LogP contribution in [-0.2, 0) is 9.47 Å². The highest BCUT2D eigenvalue weighted by molar-refractivity contribution is 9.10. The first-order valence-corrected chi connectivity index (χ1v) is 6.66. The van der Waals surface area contributed by atoms with E-state index < -0.39 is 5.82 Å². The number of carbonyl (C=O) groups is 1. The van der Waals surface area contributed by atoms with Crippen molar-refractivity contribution in [2.24, 2.45) is 0 Å². The molecule has 1 fully saturated rings. The molecule has 6 heteroatoms. The standard InChI is InChI=1S/C13H15BrFNO3/c1-18-11-6-16(7-12(11)19-2)13(17)9-5-8(14)3-4-10(9)15/h3-5,11-12H,6-7H2,1-2H3. The largest absolute Gasteiger partial charge is 0.377 e. The molecule has 2 rings (SSSR count). The Morgan fingerprint density at radius 3 is 2.42 bits per heavy atom. The molecule has 4 nitrogen and oxygen atoms in total. The Morgan fingerprint density at radius 1 is 1.32 bits per heavy atom. The normalized spacial score (nSPS) is 22.8. The lowest BCUT2D eigenvalue weighted by molar-refractivity contribution is -0.00461. The Morgan fingerprint density at radius 2 is 1.89 bits per heavy atom. The molecular weight excluding hydrogens is 317 g/mol. The predicted molar refractivity (Wildman–Crippen MR) is 71.6 cm³/mol. The third-order valence-corrected chi connectivity index (χ3v) is 3.76. The zero-order valence-electron chi connectivity index (χ0n) is 10.7. The van der Waals surface area contributed by atoms with Gasteiger partial charge in [-0.05, 0) is 18.2 Å². The van der Waals surface area contributed by atoms with E-state index in [0.29, 0.717) is 17.6 Å². The zero-order valence-corrected chi connectivity index (χ0v) is 12.3. The fraction of sp³-hybridized carbons (Fsp3) is 0.462. The summed E-state index contributed by atoms with van der Waals surface area (Å²) in [6.07, 6.45) is -0.353. The van der Waals surface area contributed by atoms with Crippen molar-refractivity contribution in [2.75, 3.05) is 27.3 Å². The van der Waals surface area contributed by atoms with Gasteiger partial charge in [-0.2, -0.15) is 0 Å².